The number of rotatable bonds is 8. The normalized spacial score (nSPS) is 14.9. The summed E-state index contributed by atoms with van der Waals surface area (Å²) in [7, 11) is 0. The lowest BCUT2D eigenvalue weighted by Crippen LogP contribution is -2.31. The van der Waals surface area contributed by atoms with E-state index in [9.17, 15) is 30.9 Å². The number of benzene rings is 1. The van der Waals surface area contributed by atoms with Crippen LogP contribution in [0.5, 0.6) is 5.75 Å². The number of unbranched alkanes of at least 4 members (excludes halogenated alkanes) is 2. The van der Waals surface area contributed by atoms with Gasteiger partial charge in [-0.05, 0) is 64.3 Å². The van der Waals surface area contributed by atoms with Crippen LogP contribution in [0.2, 0.25) is 0 Å². The lowest BCUT2D eigenvalue weighted by atomic mass is 10.1. The third kappa shape index (κ3) is 9.18. The van der Waals surface area contributed by atoms with Crippen molar-refractivity contribution in [2.24, 2.45) is 4.40 Å². The highest BCUT2D eigenvalue weighted by atomic mass is 32.2. The van der Waals surface area contributed by atoms with Crippen molar-refractivity contribution in [3.63, 3.8) is 0 Å². The summed E-state index contributed by atoms with van der Waals surface area (Å²) in [5.74, 6) is 0.290. The molecule has 0 saturated heterocycles. The van der Waals surface area contributed by atoms with Gasteiger partial charge in [0.1, 0.15) is 21.9 Å². The van der Waals surface area contributed by atoms with Crippen LogP contribution >= 0.6 is 0 Å². The van der Waals surface area contributed by atoms with E-state index in [4.69, 9.17) is 4.74 Å². The predicted molar refractivity (Wildman–Crippen MR) is 96.9 cm³/mol. The Morgan fingerprint density at radius 3 is 2.00 bits per heavy atom. The van der Waals surface area contributed by atoms with Gasteiger partial charge in [0.15, 0.2) is 0 Å². The maximum absolute atomic E-state index is 13.3. The molecule has 0 saturated carbocycles. The molecule has 10 heteroatoms. The smallest absolute Gasteiger partial charge is 0.438 e. The Morgan fingerprint density at radius 1 is 0.964 bits per heavy atom. The summed E-state index contributed by atoms with van der Waals surface area (Å²) >= 11 is -2.08. The van der Waals surface area contributed by atoms with Gasteiger partial charge in [-0.3, -0.25) is 0 Å². The lowest BCUT2D eigenvalue weighted by molar-refractivity contribution is -0.135. The zero-order valence-electron chi connectivity index (χ0n) is 15.8. The Balaban J connectivity index is 2.69. The molecule has 3 nitrogen and oxygen atoms in total. The first-order valence-electron chi connectivity index (χ1n) is 8.58. The summed E-state index contributed by atoms with van der Waals surface area (Å²) in [5, 5.41) is 0. The predicted octanol–water partition coefficient (Wildman–Crippen LogP) is 6.00. The van der Waals surface area contributed by atoms with Gasteiger partial charge in [-0.15, -0.1) is 0 Å². The van der Waals surface area contributed by atoms with E-state index in [1.807, 2.05) is 0 Å². The third-order valence-electron chi connectivity index (χ3n) is 3.47. The van der Waals surface area contributed by atoms with Crippen molar-refractivity contribution < 1.29 is 35.6 Å². The molecule has 1 aromatic carbocycles. The molecule has 0 N–H and O–H groups in total. The molecule has 0 heterocycles. The molecule has 0 aliphatic heterocycles. The summed E-state index contributed by atoms with van der Waals surface area (Å²) in [4.78, 5) is 0. The largest absolute Gasteiger partial charge is 0.591 e. The second-order valence-electron chi connectivity index (χ2n) is 7.10. The zero-order chi connectivity index (χ0) is 21.6. The Labute approximate surface area is 163 Å². The van der Waals surface area contributed by atoms with E-state index < -0.39 is 40.6 Å². The molecule has 0 spiro atoms. The molecule has 0 bridgehead atoms. The quantitative estimate of drug-likeness (QED) is 0.219. The topological polar surface area (TPSA) is 44.7 Å². The molecule has 0 aliphatic carbocycles. The van der Waals surface area contributed by atoms with Crippen molar-refractivity contribution in [1.29, 1.82) is 0 Å². The fourth-order valence-corrected chi connectivity index (χ4v) is 2.64. The highest BCUT2D eigenvalue weighted by Crippen LogP contribution is 2.28. The maximum atomic E-state index is 13.3. The Hall–Kier alpha value is -1.42. The molecule has 0 fully saturated rings. The van der Waals surface area contributed by atoms with Crippen LogP contribution in [0.25, 0.3) is 0 Å². The third-order valence-corrected chi connectivity index (χ3v) is 4.86. The molecular weight excluding hydrogens is 408 g/mol. The summed E-state index contributed by atoms with van der Waals surface area (Å²) in [6.07, 6.45) is -9.06. The van der Waals surface area contributed by atoms with E-state index >= 15 is 0 Å². The number of hydrogen-bond donors (Lipinski definition) is 0. The lowest BCUT2D eigenvalue weighted by Gasteiger charge is -2.20. The highest BCUT2D eigenvalue weighted by molar-refractivity contribution is 7.91. The summed E-state index contributed by atoms with van der Waals surface area (Å²) in [6, 6.07) is 4.94. The number of ether oxygens (including phenoxy) is 1. The number of alkyl halides is 6. The summed E-state index contributed by atoms with van der Waals surface area (Å²) in [6.45, 7) is 4.72. The van der Waals surface area contributed by atoms with Gasteiger partial charge in [0.2, 0.25) is 5.71 Å². The highest BCUT2D eigenvalue weighted by Gasteiger charge is 2.41. The summed E-state index contributed by atoms with van der Waals surface area (Å²) < 4.78 is 95.7. The number of halogens is 6. The first-order valence-corrected chi connectivity index (χ1v) is 9.69. The van der Waals surface area contributed by atoms with E-state index in [0.717, 1.165) is 12.1 Å². The fraction of sp³-hybridized carbons (Fsp3) is 0.611. The van der Waals surface area contributed by atoms with E-state index in [-0.39, 0.29) is 24.3 Å². The van der Waals surface area contributed by atoms with Crippen LogP contribution in [0.1, 0.15) is 52.0 Å². The van der Waals surface area contributed by atoms with Crippen LogP contribution in [-0.2, 0) is 11.4 Å². The fourth-order valence-electron chi connectivity index (χ4n) is 1.99. The van der Waals surface area contributed by atoms with Crippen LogP contribution in [-0.4, -0.2) is 34.0 Å². The van der Waals surface area contributed by atoms with Gasteiger partial charge in [0.05, 0.1) is 6.61 Å². The van der Waals surface area contributed by atoms with Gasteiger partial charge < -0.3 is 9.29 Å². The van der Waals surface area contributed by atoms with Gasteiger partial charge in [-0.2, -0.15) is 26.3 Å². The van der Waals surface area contributed by atoms with Gasteiger partial charge in [0.25, 0.3) is 0 Å². The van der Waals surface area contributed by atoms with E-state index in [0.29, 0.717) is 12.8 Å². The average Bonchev–Trinajstić information content (AvgIpc) is 2.53. The van der Waals surface area contributed by atoms with Crippen molar-refractivity contribution in [3.05, 3.63) is 29.8 Å². The molecular formula is C18H23F6NO2S. The Bertz CT molecular complexity index is 635. The molecule has 0 amide bonds. The maximum Gasteiger partial charge on any atom is 0.438 e. The second kappa shape index (κ2) is 9.87. The van der Waals surface area contributed by atoms with Crippen LogP contribution in [0, 0.1) is 0 Å². The average molecular weight is 431 g/mol. The minimum absolute atomic E-state index is 0.00210. The van der Waals surface area contributed by atoms with E-state index in [1.54, 1.807) is 0 Å². The van der Waals surface area contributed by atoms with Crippen molar-refractivity contribution >= 4 is 17.1 Å². The molecule has 1 unspecified atom stereocenters. The second-order valence-corrected chi connectivity index (χ2v) is 9.00. The molecule has 1 rings (SSSR count). The molecule has 0 aromatic heterocycles. The SMILES string of the molecule is CC(C)(C)[S+]([O-])/N=C(\c1ccc(OCCCCCC(F)(F)F)cc1)C(F)(F)F. The molecule has 160 valence electrons. The Kier molecular flexibility index (Phi) is 8.67. The van der Waals surface area contributed by atoms with Crippen LogP contribution in [0.4, 0.5) is 26.3 Å². The molecule has 0 radical (unpaired) electrons. The number of nitrogens with zero attached hydrogens (tertiary/aromatic N) is 1. The monoisotopic (exact) mass is 431 g/mol. The van der Waals surface area contributed by atoms with Crippen LogP contribution in [0.3, 0.4) is 0 Å². The molecule has 1 aromatic rings. The van der Waals surface area contributed by atoms with Gasteiger partial charge in [0, 0.05) is 12.0 Å². The van der Waals surface area contributed by atoms with E-state index in [1.165, 1.54) is 32.9 Å². The van der Waals surface area contributed by atoms with E-state index in [2.05, 4.69) is 4.40 Å². The first kappa shape index (κ1) is 24.6. The van der Waals surface area contributed by atoms with Gasteiger partial charge in [-0.1, -0.05) is 4.40 Å². The van der Waals surface area contributed by atoms with Crippen LogP contribution < -0.4 is 4.74 Å². The Morgan fingerprint density at radius 2 is 1.54 bits per heavy atom. The number of hydrogen-bond acceptors (Lipinski definition) is 3. The first-order chi connectivity index (χ1) is 12.7. The van der Waals surface area contributed by atoms with Crippen molar-refractivity contribution in [2.45, 2.75) is 63.6 Å². The molecule has 1 atom stereocenters. The minimum atomic E-state index is -4.78. The van der Waals surface area contributed by atoms with Gasteiger partial charge in [-0.25, -0.2) is 0 Å². The summed E-state index contributed by atoms with van der Waals surface area (Å²) in [5.41, 5.74) is -1.48. The molecule has 28 heavy (non-hydrogen) atoms. The van der Waals surface area contributed by atoms with Gasteiger partial charge >= 0.3 is 12.4 Å². The zero-order valence-corrected chi connectivity index (χ0v) is 16.6. The van der Waals surface area contributed by atoms with Crippen molar-refractivity contribution in [1.82, 2.24) is 0 Å². The van der Waals surface area contributed by atoms with Crippen molar-refractivity contribution in [2.75, 3.05) is 6.61 Å². The standard InChI is InChI=1S/C18H23F6NO2S/c1-16(2,3)28(26)25-15(18(22,23)24)13-7-9-14(10-8-13)27-12-6-4-5-11-17(19,20)21/h7-10H,4-6,11-12H2,1-3H3/b25-15+. The van der Waals surface area contributed by atoms with Crippen molar-refractivity contribution in [3.8, 4) is 5.75 Å². The van der Waals surface area contributed by atoms with Crippen LogP contribution in [0.15, 0.2) is 28.7 Å². The molecule has 0 aliphatic rings. The minimum Gasteiger partial charge on any atom is -0.591 e.